The van der Waals surface area contributed by atoms with Crippen LogP contribution in [0.1, 0.15) is 5.69 Å². The Morgan fingerprint density at radius 2 is 2.00 bits per heavy atom. The molecule has 0 fully saturated rings. The smallest absolute Gasteiger partial charge is 0.140 e. The fourth-order valence-electron chi connectivity index (χ4n) is 1.25. The molecule has 2 rings (SSSR count). The molecule has 1 aromatic heterocycles. The number of nitrogens with zero attached hydrogens (tertiary/aromatic N) is 1. The SMILES string of the molecule is Clc1cc(OCc2ccccn2)c(Cl)cc1Br. The van der Waals surface area contributed by atoms with Gasteiger partial charge in [0.25, 0.3) is 0 Å². The first-order valence-electron chi connectivity index (χ1n) is 4.84. The summed E-state index contributed by atoms with van der Waals surface area (Å²) in [4.78, 5) is 4.15. The largest absolute Gasteiger partial charge is 0.486 e. The van der Waals surface area contributed by atoms with Gasteiger partial charge in [-0.15, -0.1) is 0 Å². The third kappa shape index (κ3) is 3.35. The van der Waals surface area contributed by atoms with Crippen molar-refractivity contribution in [1.29, 1.82) is 0 Å². The number of aromatic nitrogens is 1. The summed E-state index contributed by atoms with van der Waals surface area (Å²) in [5.74, 6) is 0.547. The van der Waals surface area contributed by atoms with E-state index in [1.165, 1.54) is 0 Å². The van der Waals surface area contributed by atoms with Crippen LogP contribution in [0.4, 0.5) is 0 Å². The zero-order valence-corrected chi connectivity index (χ0v) is 11.8. The normalized spacial score (nSPS) is 10.3. The zero-order valence-electron chi connectivity index (χ0n) is 8.66. The Morgan fingerprint density at radius 1 is 1.18 bits per heavy atom. The second-order valence-corrected chi connectivity index (χ2v) is 4.98. The van der Waals surface area contributed by atoms with E-state index >= 15 is 0 Å². The molecule has 5 heteroatoms. The molecule has 0 atom stereocenters. The van der Waals surface area contributed by atoms with Gasteiger partial charge in [0, 0.05) is 16.7 Å². The van der Waals surface area contributed by atoms with E-state index in [1.807, 2.05) is 18.2 Å². The van der Waals surface area contributed by atoms with E-state index in [2.05, 4.69) is 20.9 Å². The lowest BCUT2D eigenvalue weighted by molar-refractivity contribution is 0.301. The Morgan fingerprint density at radius 3 is 2.71 bits per heavy atom. The van der Waals surface area contributed by atoms with Crippen LogP contribution in [0.3, 0.4) is 0 Å². The molecule has 0 bridgehead atoms. The summed E-state index contributed by atoms with van der Waals surface area (Å²) in [7, 11) is 0. The van der Waals surface area contributed by atoms with Gasteiger partial charge in [-0.1, -0.05) is 29.3 Å². The summed E-state index contributed by atoms with van der Waals surface area (Å²) in [6, 6.07) is 9.03. The van der Waals surface area contributed by atoms with Gasteiger partial charge in [0.15, 0.2) is 0 Å². The summed E-state index contributed by atoms with van der Waals surface area (Å²) in [6.45, 7) is 0.360. The minimum atomic E-state index is 0.360. The van der Waals surface area contributed by atoms with Gasteiger partial charge < -0.3 is 4.74 Å². The van der Waals surface area contributed by atoms with E-state index < -0.39 is 0 Å². The van der Waals surface area contributed by atoms with Gasteiger partial charge in [-0.25, -0.2) is 0 Å². The van der Waals surface area contributed by atoms with Crippen molar-refractivity contribution in [1.82, 2.24) is 4.98 Å². The molecule has 0 saturated carbocycles. The maximum absolute atomic E-state index is 6.03. The second kappa shape index (κ2) is 5.71. The summed E-state index contributed by atoms with van der Waals surface area (Å²) >= 11 is 15.3. The molecular weight excluding hydrogens is 325 g/mol. The molecule has 0 aliphatic carbocycles. The van der Waals surface area contributed by atoms with Crippen LogP contribution in [-0.2, 0) is 6.61 Å². The van der Waals surface area contributed by atoms with Gasteiger partial charge in [-0.2, -0.15) is 0 Å². The summed E-state index contributed by atoms with van der Waals surface area (Å²) in [6.07, 6.45) is 1.72. The lowest BCUT2D eigenvalue weighted by atomic mass is 10.3. The summed E-state index contributed by atoms with van der Waals surface area (Å²) < 4.78 is 6.30. The monoisotopic (exact) mass is 331 g/mol. The number of ether oxygens (including phenoxy) is 1. The van der Waals surface area contributed by atoms with Crippen LogP contribution in [0.2, 0.25) is 10.0 Å². The van der Waals surface area contributed by atoms with E-state index in [4.69, 9.17) is 27.9 Å². The van der Waals surface area contributed by atoms with Crippen molar-refractivity contribution in [2.24, 2.45) is 0 Å². The van der Waals surface area contributed by atoms with Crippen molar-refractivity contribution in [3.8, 4) is 5.75 Å². The molecule has 0 radical (unpaired) electrons. The number of pyridine rings is 1. The number of hydrogen-bond acceptors (Lipinski definition) is 2. The van der Waals surface area contributed by atoms with Crippen LogP contribution < -0.4 is 4.74 Å². The fourth-order valence-corrected chi connectivity index (χ4v) is 2.10. The lowest BCUT2D eigenvalue weighted by Gasteiger charge is -2.08. The number of halogens is 3. The molecule has 2 aromatic rings. The van der Waals surface area contributed by atoms with E-state index in [0.29, 0.717) is 22.4 Å². The van der Waals surface area contributed by atoms with Crippen LogP contribution in [0.15, 0.2) is 41.0 Å². The van der Waals surface area contributed by atoms with E-state index in [9.17, 15) is 0 Å². The van der Waals surface area contributed by atoms with Gasteiger partial charge in [0.1, 0.15) is 12.4 Å². The maximum atomic E-state index is 6.03. The molecule has 0 spiro atoms. The van der Waals surface area contributed by atoms with Gasteiger partial charge in [0.2, 0.25) is 0 Å². The molecule has 1 heterocycles. The van der Waals surface area contributed by atoms with Crippen LogP contribution in [0.25, 0.3) is 0 Å². The van der Waals surface area contributed by atoms with E-state index in [0.717, 1.165) is 10.2 Å². The first-order valence-corrected chi connectivity index (χ1v) is 6.39. The minimum Gasteiger partial charge on any atom is -0.486 e. The Kier molecular flexibility index (Phi) is 4.26. The van der Waals surface area contributed by atoms with E-state index in [1.54, 1.807) is 18.3 Å². The Labute approximate surface area is 118 Å². The van der Waals surface area contributed by atoms with E-state index in [-0.39, 0.29) is 0 Å². The molecule has 0 aliphatic rings. The highest BCUT2D eigenvalue weighted by atomic mass is 79.9. The average molecular weight is 333 g/mol. The highest BCUT2D eigenvalue weighted by Gasteiger charge is 2.07. The average Bonchev–Trinajstić information content (AvgIpc) is 2.33. The third-order valence-electron chi connectivity index (χ3n) is 2.08. The molecule has 0 saturated heterocycles. The topological polar surface area (TPSA) is 22.1 Å². The lowest BCUT2D eigenvalue weighted by Crippen LogP contribution is -1.98. The van der Waals surface area contributed by atoms with Crippen molar-refractivity contribution >= 4 is 39.1 Å². The quantitative estimate of drug-likeness (QED) is 0.758. The van der Waals surface area contributed by atoms with Gasteiger partial charge in [-0.3, -0.25) is 4.98 Å². The summed E-state index contributed by atoms with van der Waals surface area (Å²) in [5, 5.41) is 1.07. The van der Waals surface area contributed by atoms with Crippen LogP contribution in [0, 0.1) is 0 Å². The van der Waals surface area contributed by atoms with Crippen molar-refractivity contribution in [3.63, 3.8) is 0 Å². The van der Waals surface area contributed by atoms with Crippen molar-refractivity contribution in [2.45, 2.75) is 6.61 Å². The molecule has 0 unspecified atom stereocenters. The Hall–Kier alpha value is -0.770. The van der Waals surface area contributed by atoms with Gasteiger partial charge in [-0.05, 0) is 34.1 Å². The third-order valence-corrected chi connectivity index (χ3v) is 3.57. The van der Waals surface area contributed by atoms with Crippen molar-refractivity contribution < 1.29 is 4.74 Å². The summed E-state index contributed by atoms with van der Waals surface area (Å²) in [5.41, 5.74) is 0.836. The molecule has 0 aliphatic heterocycles. The van der Waals surface area contributed by atoms with Crippen LogP contribution >= 0.6 is 39.1 Å². The Bertz CT molecular complexity index is 519. The first kappa shape index (κ1) is 12.7. The predicted octanol–water partition coefficient (Wildman–Crippen LogP) is 4.73. The molecule has 2 nitrogen and oxygen atoms in total. The predicted molar refractivity (Wildman–Crippen MR) is 72.7 cm³/mol. The molecule has 0 N–H and O–H groups in total. The number of benzene rings is 1. The van der Waals surface area contributed by atoms with Crippen molar-refractivity contribution in [2.75, 3.05) is 0 Å². The molecule has 0 amide bonds. The second-order valence-electron chi connectivity index (χ2n) is 3.31. The van der Waals surface area contributed by atoms with Gasteiger partial charge in [0.05, 0.1) is 15.7 Å². The van der Waals surface area contributed by atoms with Crippen molar-refractivity contribution in [3.05, 3.63) is 56.7 Å². The standard InChI is InChI=1S/C12H8BrCl2NO/c13-9-5-11(15)12(6-10(9)14)17-7-8-3-1-2-4-16-8/h1-6H,7H2. The van der Waals surface area contributed by atoms with Gasteiger partial charge >= 0.3 is 0 Å². The maximum Gasteiger partial charge on any atom is 0.140 e. The fraction of sp³-hybridized carbons (Fsp3) is 0.0833. The number of rotatable bonds is 3. The zero-order chi connectivity index (χ0) is 12.3. The molecule has 17 heavy (non-hydrogen) atoms. The Balaban J connectivity index is 2.12. The highest BCUT2D eigenvalue weighted by Crippen LogP contribution is 2.34. The molecular formula is C12H8BrCl2NO. The molecule has 88 valence electrons. The number of hydrogen-bond donors (Lipinski definition) is 0. The minimum absolute atomic E-state index is 0.360. The highest BCUT2D eigenvalue weighted by molar-refractivity contribution is 9.10. The molecule has 1 aromatic carbocycles. The first-order chi connectivity index (χ1) is 8.16. The van der Waals surface area contributed by atoms with Crippen LogP contribution in [0.5, 0.6) is 5.75 Å². The van der Waals surface area contributed by atoms with Crippen LogP contribution in [-0.4, -0.2) is 4.98 Å².